The molecule has 0 aliphatic carbocycles. The summed E-state index contributed by atoms with van der Waals surface area (Å²) in [6, 6.07) is 12.2. The van der Waals surface area contributed by atoms with Crippen LogP contribution in [0.15, 0.2) is 36.4 Å². The van der Waals surface area contributed by atoms with Crippen LogP contribution < -0.4 is 21.2 Å². The number of fused-ring (bicyclic) bond motifs is 3. The van der Waals surface area contributed by atoms with Crippen molar-refractivity contribution in [2.75, 3.05) is 5.75 Å². The summed E-state index contributed by atoms with van der Waals surface area (Å²) in [6.45, 7) is 0. The summed E-state index contributed by atoms with van der Waals surface area (Å²) in [6.07, 6.45) is -4.85. The van der Waals surface area contributed by atoms with Gasteiger partial charge in [-0.1, -0.05) is 35.3 Å². The maximum Gasteiger partial charge on any atom is 0.405 e. The molecule has 130 valence electrons. The number of alkyl halides is 3. The van der Waals surface area contributed by atoms with E-state index in [0.717, 1.165) is 10.0 Å². The van der Waals surface area contributed by atoms with Gasteiger partial charge in [-0.2, -0.15) is 21.6 Å². The standard InChI is InChI=1S/C12H6Cl2I.C2H3F3O3S/c13-8-4-2-6-10-11(8)7-3-1-5-9(14)12(7)15-10;3-2(4,5)1-9(6,7)8/h1-6H;1H2,(H,6,7,8)/q+1;. The minimum atomic E-state index is -4.91. The molecule has 10 heteroatoms. The predicted molar refractivity (Wildman–Crippen MR) is 81.8 cm³/mol. The van der Waals surface area contributed by atoms with Gasteiger partial charge in [0.1, 0.15) is 0 Å². The van der Waals surface area contributed by atoms with Crippen molar-refractivity contribution in [2.45, 2.75) is 6.18 Å². The Labute approximate surface area is 156 Å². The highest BCUT2D eigenvalue weighted by atomic mass is 127. The van der Waals surface area contributed by atoms with Crippen molar-refractivity contribution in [1.82, 2.24) is 0 Å². The van der Waals surface area contributed by atoms with Crippen molar-refractivity contribution in [3.63, 3.8) is 0 Å². The smallest absolute Gasteiger partial charge is 0.285 e. The highest BCUT2D eigenvalue weighted by molar-refractivity contribution is 7.85. The van der Waals surface area contributed by atoms with Crippen molar-refractivity contribution in [2.24, 2.45) is 0 Å². The predicted octanol–water partition coefficient (Wildman–Crippen LogP) is 1.54. The first-order valence-corrected chi connectivity index (χ1v) is 10.7. The summed E-state index contributed by atoms with van der Waals surface area (Å²) >= 11 is 12.3. The van der Waals surface area contributed by atoms with Crippen LogP contribution in [0.5, 0.6) is 0 Å². The van der Waals surface area contributed by atoms with E-state index in [1.54, 1.807) is 0 Å². The first kappa shape index (κ1) is 19.8. The highest BCUT2D eigenvalue weighted by Gasteiger charge is 2.36. The molecule has 0 bridgehead atoms. The Morgan fingerprint density at radius 3 is 2.17 bits per heavy atom. The minimum absolute atomic E-state index is 0.152. The van der Waals surface area contributed by atoms with Gasteiger partial charge < -0.3 is 0 Å². The van der Waals surface area contributed by atoms with Crippen LogP contribution in [0, 0.1) is 7.14 Å². The van der Waals surface area contributed by atoms with Gasteiger partial charge in [0.05, 0.1) is 15.6 Å². The molecule has 0 amide bonds. The fourth-order valence-electron chi connectivity index (χ4n) is 1.94. The molecule has 3 rings (SSSR count). The molecule has 0 aromatic heterocycles. The van der Waals surface area contributed by atoms with E-state index < -0.39 is 22.0 Å². The molecule has 2 aromatic carbocycles. The Morgan fingerprint density at radius 1 is 1.04 bits per heavy atom. The van der Waals surface area contributed by atoms with Gasteiger partial charge in [-0.05, 0) is 24.3 Å². The molecule has 1 aliphatic rings. The SMILES string of the molecule is Clc1cccc2c1[I+]c1cccc(Cl)c1-2.O=S(=O)(O)CC(F)(F)F. The van der Waals surface area contributed by atoms with Crippen molar-refractivity contribution in [3.05, 3.63) is 53.6 Å². The number of rotatable bonds is 1. The first-order chi connectivity index (χ1) is 11.0. The first-order valence-electron chi connectivity index (χ1n) is 6.22. The number of hydrogen-bond donors (Lipinski definition) is 1. The van der Waals surface area contributed by atoms with Gasteiger partial charge in [0.2, 0.25) is 7.14 Å². The Hall–Kier alpha value is -0.550. The summed E-state index contributed by atoms with van der Waals surface area (Å²) in [7, 11) is -4.91. The van der Waals surface area contributed by atoms with Crippen molar-refractivity contribution in [3.8, 4) is 11.1 Å². The van der Waals surface area contributed by atoms with Crippen LogP contribution >= 0.6 is 23.2 Å². The fourth-order valence-corrected chi connectivity index (χ4v) is 6.20. The van der Waals surface area contributed by atoms with Gasteiger partial charge in [0.25, 0.3) is 10.1 Å². The van der Waals surface area contributed by atoms with E-state index in [4.69, 9.17) is 27.8 Å². The third-order valence-electron chi connectivity index (χ3n) is 2.73. The van der Waals surface area contributed by atoms with Gasteiger partial charge in [0.15, 0.2) is 5.75 Å². The van der Waals surface area contributed by atoms with E-state index in [2.05, 4.69) is 12.1 Å². The third-order valence-corrected chi connectivity index (χ3v) is 7.55. The molecule has 24 heavy (non-hydrogen) atoms. The fraction of sp³-hybridized carbons (Fsp3) is 0.143. The van der Waals surface area contributed by atoms with Gasteiger partial charge in [-0.15, -0.1) is 0 Å². The lowest BCUT2D eigenvalue weighted by atomic mass is 10.1. The van der Waals surface area contributed by atoms with Gasteiger partial charge in [-0.3, -0.25) is 4.55 Å². The lowest BCUT2D eigenvalue weighted by Gasteiger charge is -2.00. The molecule has 0 atom stereocenters. The molecule has 0 radical (unpaired) electrons. The van der Waals surface area contributed by atoms with E-state index in [0.29, 0.717) is 0 Å². The van der Waals surface area contributed by atoms with Crippen LogP contribution in [-0.4, -0.2) is 24.9 Å². The zero-order valence-corrected chi connectivity index (χ0v) is 16.1. The number of hydrogen-bond acceptors (Lipinski definition) is 2. The molecular formula is C14H9Cl2F3IO3S+. The lowest BCUT2D eigenvalue weighted by molar-refractivity contribution is -0.589. The molecule has 1 heterocycles. The van der Waals surface area contributed by atoms with E-state index in [9.17, 15) is 21.6 Å². The van der Waals surface area contributed by atoms with Crippen LogP contribution in [-0.2, 0) is 10.1 Å². The highest BCUT2D eigenvalue weighted by Crippen LogP contribution is 2.31. The van der Waals surface area contributed by atoms with Crippen molar-refractivity contribution in [1.29, 1.82) is 0 Å². The van der Waals surface area contributed by atoms with E-state index in [1.807, 2.05) is 24.3 Å². The molecule has 1 aliphatic heterocycles. The van der Waals surface area contributed by atoms with Crippen LogP contribution in [0.3, 0.4) is 0 Å². The largest absolute Gasteiger partial charge is 0.405 e. The molecule has 0 spiro atoms. The topological polar surface area (TPSA) is 54.4 Å². The average molecular weight is 512 g/mol. The van der Waals surface area contributed by atoms with E-state index in [1.165, 1.54) is 18.3 Å². The Bertz CT molecular complexity index is 870. The van der Waals surface area contributed by atoms with E-state index in [-0.39, 0.29) is 21.2 Å². The second-order valence-electron chi connectivity index (χ2n) is 4.63. The molecule has 3 nitrogen and oxygen atoms in total. The van der Waals surface area contributed by atoms with Gasteiger partial charge in [0, 0.05) is 5.56 Å². The zero-order valence-electron chi connectivity index (χ0n) is 11.6. The normalized spacial score (nSPS) is 12.9. The van der Waals surface area contributed by atoms with Crippen LogP contribution in [0.2, 0.25) is 10.0 Å². The van der Waals surface area contributed by atoms with E-state index >= 15 is 0 Å². The monoisotopic (exact) mass is 511 g/mol. The maximum absolute atomic E-state index is 11.0. The van der Waals surface area contributed by atoms with Crippen molar-refractivity contribution < 1.29 is 47.3 Å². The molecule has 0 saturated carbocycles. The second-order valence-corrected chi connectivity index (χ2v) is 9.68. The third kappa shape index (κ3) is 5.22. The molecule has 0 unspecified atom stereocenters. The summed E-state index contributed by atoms with van der Waals surface area (Å²) < 4.78 is 62.3. The molecule has 1 N–H and O–H groups in total. The molecule has 0 fully saturated rings. The quantitative estimate of drug-likeness (QED) is 0.398. The summed E-state index contributed by atoms with van der Waals surface area (Å²) in [5.41, 5.74) is 2.43. The van der Waals surface area contributed by atoms with Gasteiger partial charge >= 0.3 is 27.4 Å². The number of halogens is 6. The summed E-state index contributed by atoms with van der Waals surface area (Å²) in [4.78, 5) is 0. The maximum atomic E-state index is 11.0. The Balaban J connectivity index is 0.000000202. The summed E-state index contributed by atoms with van der Waals surface area (Å²) in [5, 5.41) is 1.72. The van der Waals surface area contributed by atoms with Crippen molar-refractivity contribution >= 4 is 33.3 Å². The number of benzene rings is 2. The van der Waals surface area contributed by atoms with Crippen LogP contribution in [0.25, 0.3) is 11.1 Å². The van der Waals surface area contributed by atoms with Crippen LogP contribution in [0.1, 0.15) is 0 Å². The Morgan fingerprint density at radius 2 is 1.62 bits per heavy atom. The zero-order chi connectivity index (χ0) is 18.1. The van der Waals surface area contributed by atoms with Gasteiger partial charge in [-0.25, -0.2) is 0 Å². The lowest BCUT2D eigenvalue weighted by Crippen LogP contribution is -3.61. The Kier molecular flexibility index (Phi) is 6.07. The van der Waals surface area contributed by atoms with Crippen LogP contribution in [0.4, 0.5) is 13.2 Å². The molecular weight excluding hydrogens is 503 g/mol. The molecule has 2 aromatic rings. The minimum Gasteiger partial charge on any atom is -0.285 e. The summed E-state index contributed by atoms with van der Waals surface area (Å²) in [5.74, 6) is -2.18. The molecule has 0 saturated heterocycles. The average Bonchev–Trinajstić information content (AvgIpc) is 2.76. The second kappa shape index (κ2) is 7.36.